The smallest absolute Gasteiger partial charge is 0.339 e. The molecule has 192 valence electrons. The lowest BCUT2D eigenvalue weighted by atomic mass is 10.0. The predicted molar refractivity (Wildman–Crippen MR) is 128 cm³/mol. The first-order chi connectivity index (χ1) is 16.9. The van der Waals surface area contributed by atoms with E-state index in [1.807, 2.05) is 4.90 Å². The number of alkyl halides is 3. The van der Waals surface area contributed by atoms with E-state index in [0.717, 1.165) is 31.3 Å². The molecule has 8 nitrogen and oxygen atoms in total. The van der Waals surface area contributed by atoms with Crippen LogP contribution in [0.15, 0.2) is 36.5 Å². The van der Waals surface area contributed by atoms with Crippen molar-refractivity contribution in [2.24, 2.45) is 5.92 Å². The average molecular weight is 542 g/mol. The number of nitrogens with zero attached hydrogens (tertiary/aromatic N) is 5. The number of halogens is 4. The van der Waals surface area contributed by atoms with Crippen LogP contribution in [0.5, 0.6) is 0 Å². The highest BCUT2D eigenvalue weighted by atomic mass is 35.5. The standard InChI is InChI=1S/C23H23ClF3N5O3S/c1-30(22(33)15-8-10-36(34,35)13-15)21(23(25,26)27)14-4-6-16(7-5-14)31-9-2-3-17-18(31)12-28-20-11-19(24)29-32(17)20/h4-7,11-12,15,21H,2-3,8-10,13H2,1H3/t15-,21-/m0/s1. The van der Waals surface area contributed by atoms with E-state index < -0.39 is 39.6 Å². The number of sulfone groups is 1. The third kappa shape index (κ3) is 4.52. The molecule has 1 amide bonds. The molecule has 2 atom stereocenters. The van der Waals surface area contributed by atoms with Crippen LogP contribution in [0.3, 0.4) is 0 Å². The number of rotatable bonds is 4. The SMILES string of the molecule is CN(C(=O)[C@H]1CCS(=O)(=O)C1)[C@@H](c1ccc(N2CCCc3c2cnc2cc(Cl)nn32)cc1)C(F)(F)F. The van der Waals surface area contributed by atoms with Crippen molar-refractivity contribution in [3.63, 3.8) is 0 Å². The molecule has 0 spiro atoms. The first-order valence-electron chi connectivity index (χ1n) is 11.4. The van der Waals surface area contributed by atoms with Crippen LogP contribution in [0, 0.1) is 5.92 Å². The number of carbonyl (C=O) groups excluding carboxylic acids is 1. The van der Waals surface area contributed by atoms with Gasteiger partial charge in [-0.05, 0) is 37.0 Å². The van der Waals surface area contributed by atoms with Crippen LogP contribution in [-0.2, 0) is 21.1 Å². The second-order valence-corrected chi connectivity index (χ2v) is 11.8. The Kier molecular flexibility index (Phi) is 6.14. The summed E-state index contributed by atoms with van der Waals surface area (Å²) < 4.78 is 67.5. The Balaban J connectivity index is 1.44. The third-order valence-electron chi connectivity index (χ3n) is 6.76. The summed E-state index contributed by atoms with van der Waals surface area (Å²) in [7, 11) is -2.33. The third-order valence-corrected chi connectivity index (χ3v) is 8.72. The van der Waals surface area contributed by atoms with Crippen molar-refractivity contribution in [2.45, 2.75) is 31.5 Å². The van der Waals surface area contributed by atoms with Gasteiger partial charge in [0.2, 0.25) is 5.91 Å². The fourth-order valence-corrected chi connectivity index (χ4v) is 6.98. The van der Waals surface area contributed by atoms with E-state index in [1.54, 1.807) is 28.9 Å². The minimum absolute atomic E-state index is 0.0339. The van der Waals surface area contributed by atoms with Crippen LogP contribution in [0.4, 0.5) is 24.5 Å². The molecule has 13 heteroatoms. The van der Waals surface area contributed by atoms with Crippen LogP contribution in [0.25, 0.3) is 5.65 Å². The summed E-state index contributed by atoms with van der Waals surface area (Å²) in [5, 5.41) is 4.61. The average Bonchev–Trinajstić information content (AvgIpc) is 3.38. The number of hydrogen-bond donors (Lipinski definition) is 0. The molecule has 0 unspecified atom stereocenters. The van der Waals surface area contributed by atoms with Crippen LogP contribution in [0.1, 0.15) is 30.1 Å². The Hall–Kier alpha value is -2.86. The Morgan fingerprint density at radius 1 is 1.25 bits per heavy atom. The molecule has 36 heavy (non-hydrogen) atoms. The zero-order valence-electron chi connectivity index (χ0n) is 19.2. The van der Waals surface area contributed by atoms with Crippen molar-refractivity contribution in [3.8, 4) is 0 Å². The number of carbonyl (C=O) groups is 1. The molecular weight excluding hydrogens is 519 g/mol. The van der Waals surface area contributed by atoms with Crippen molar-refractivity contribution in [3.05, 3.63) is 52.9 Å². The summed E-state index contributed by atoms with van der Waals surface area (Å²) in [6.45, 7) is 0.645. The van der Waals surface area contributed by atoms with E-state index in [9.17, 15) is 26.4 Å². The maximum Gasteiger partial charge on any atom is 0.413 e. The molecule has 2 aromatic heterocycles. The first kappa shape index (κ1) is 24.8. The second-order valence-electron chi connectivity index (χ2n) is 9.17. The van der Waals surface area contributed by atoms with E-state index in [1.165, 1.54) is 12.1 Å². The molecular formula is C23H23ClF3N5O3S. The summed E-state index contributed by atoms with van der Waals surface area (Å²) in [5.41, 5.74) is 2.89. The lowest BCUT2D eigenvalue weighted by Gasteiger charge is -2.33. The minimum Gasteiger partial charge on any atom is -0.339 e. The summed E-state index contributed by atoms with van der Waals surface area (Å²) in [6, 6.07) is 5.35. The number of benzene rings is 1. The lowest BCUT2D eigenvalue weighted by molar-refractivity contribution is -0.190. The van der Waals surface area contributed by atoms with Gasteiger partial charge >= 0.3 is 6.18 Å². The molecule has 5 rings (SSSR count). The van der Waals surface area contributed by atoms with Gasteiger partial charge in [0.25, 0.3) is 0 Å². The lowest BCUT2D eigenvalue weighted by Crippen LogP contribution is -2.42. The molecule has 0 radical (unpaired) electrons. The largest absolute Gasteiger partial charge is 0.413 e. The van der Waals surface area contributed by atoms with Crippen molar-refractivity contribution in [2.75, 3.05) is 30.0 Å². The first-order valence-corrected chi connectivity index (χ1v) is 13.6. The van der Waals surface area contributed by atoms with E-state index in [4.69, 9.17) is 11.6 Å². The molecule has 0 aliphatic carbocycles. The number of anilines is 2. The zero-order valence-corrected chi connectivity index (χ0v) is 20.8. The number of amides is 1. The molecule has 0 bridgehead atoms. The number of aromatic nitrogens is 3. The highest BCUT2D eigenvalue weighted by Gasteiger charge is 2.47. The van der Waals surface area contributed by atoms with Gasteiger partial charge in [-0.1, -0.05) is 23.7 Å². The highest BCUT2D eigenvalue weighted by Crippen LogP contribution is 2.40. The van der Waals surface area contributed by atoms with E-state index in [2.05, 4.69) is 10.1 Å². The molecule has 4 heterocycles. The van der Waals surface area contributed by atoms with Gasteiger partial charge in [0.05, 0.1) is 35.0 Å². The van der Waals surface area contributed by atoms with E-state index in [-0.39, 0.29) is 17.7 Å². The second kappa shape index (κ2) is 8.91. The summed E-state index contributed by atoms with van der Waals surface area (Å²) in [5.74, 6) is -2.39. The summed E-state index contributed by atoms with van der Waals surface area (Å²) >= 11 is 6.03. The Morgan fingerprint density at radius 3 is 2.61 bits per heavy atom. The topological polar surface area (TPSA) is 87.9 Å². The quantitative estimate of drug-likeness (QED) is 0.497. The molecule has 1 aromatic carbocycles. The van der Waals surface area contributed by atoms with Crippen LogP contribution < -0.4 is 4.90 Å². The highest BCUT2D eigenvalue weighted by molar-refractivity contribution is 7.91. The minimum atomic E-state index is -4.74. The summed E-state index contributed by atoms with van der Waals surface area (Å²) in [4.78, 5) is 19.8. The van der Waals surface area contributed by atoms with Gasteiger partial charge in [-0.25, -0.2) is 17.9 Å². The Bertz CT molecular complexity index is 1430. The van der Waals surface area contributed by atoms with Gasteiger partial charge in [0, 0.05) is 25.3 Å². The molecule has 1 saturated heterocycles. The van der Waals surface area contributed by atoms with E-state index in [0.29, 0.717) is 27.9 Å². The van der Waals surface area contributed by atoms with Gasteiger partial charge in [0.15, 0.2) is 26.7 Å². The normalized spacial score (nSPS) is 20.4. The van der Waals surface area contributed by atoms with Crippen LogP contribution in [0.2, 0.25) is 5.15 Å². The predicted octanol–water partition coefficient (Wildman–Crippen LogP) is 3.96. The van der Waals surface area contributed by atoms with Crippen molar-refractivity contribution >= 4 is 44.4 Å². The van der Waals surface area contributed by atoms with Gasteiger partial charge in [-0.15, -0.1) is 0 Å². The fourth-order valence-electron chi connectivity index (χ4n) is 5.07. The monoisotopic (exact) mass is 541 g/mol. The maximum atomic E-state index is 14.1. The van der Waals surface area contributed by atoms with Gasteiger partial charge in [-0.2, -0.15) is 18.3 Å². The number of fused-ring (bicyclic) bond motifs is 3. The van der Waals surface area contributed by atoms with Crippen molar-refractivity contribution in [1.82, 2.24) is 19.5 Å². The molecule has 3 aromatic rings. The number of hydrogen-bond acceptors (Lipinski definition) is 6. The van der Waals surface area contributed by atoms with Crippen LogP contribution >= 0.6 is 11.6 Å². The Morgan fingerprint density at radius 2 is 1.97 bits per heavy atom. The molecule has 2 aliphatic heterocycles. The molecule has 2 aliphatic rings. The molecule has 1 fully saturated rings. The Labute approximate surface area is 210 Å². The van der Waals surface area contributed by atoms with E-state index >= 15 is 0 Å². The zero-order chi connectivity index (χ0) is 25.8. The van der Waals surface area contributed by atoms with Gasteiger partial charge < -0.3 is 9.80 Å². The maximum absolute atomic E-state index is 14.1. The molecule has 0 N–H and O–H groups in total. The number of aryl methyl sites for hydroxylation is 1. The fraction of sp³-hybridized carbons (Fsp3) is 0.435. The van der Waals surface area contributed by atoms with Crippen LogP contribution in [-0.4, -0.2) is 65.1 Å². The van der Waals surface area contributed by atoms with Gasteiger partial charge in [0.1, 0.15) is 0 Å². The van der Waals surface area contributed by atoms with Gasteiger partial charge in [-0.3, -0.25) is 4.79 Å². The molecule has 0 saturated carbocycles. The van der Waals surface area contributed by atoms with Crippen molar-refractivity contribution in [1.29, 1.82) is 0 Å². The summed E-state index contributed by atoms with van der Waals surface area (Å²) in [6.07, 6.45) is -1.45. The van der Waals surface area contributed by atoms with Crippen molar-refractivity contribution < 1.29 is 26.4 Å².